The number of amides is 5. The van der Waals surface area contributed by atoms with Gasteiger partial charge in [-0.1, -0.05) is 65.3 Å². The topological polar surface area (TPSA) is 182 Å². The summed E-state index contributed by atoms with van der Waals surface area (Å²) in [6.07, 6.45) is 14.8. The number of thiazole rings is 1. The number of hydrogen-bond acceptors (Lipinski definition) is 10. The van der Waals surface area contributed by atoms with Gasteiger partial charge in [-0.15, -0.1) is 11.3 Å². The standard InChI is InChI=1S/C15H20N4O2.C12H12N2OS.C10H19NO2.C9H15NO.C2H6/c16-15(21)11-2-5-19(6-3-11)14-1-4-17-7-13(14)12-8-18(9-12)10-20;1-9-12(16-8-14-9)11-4-2-10(3-5-11)6-13-7-15;1-10(2,3)6-9(13)11-5-4-8(12)7-11;11-9-6-2-1-4-8-5-3-7-10(8)9;1-2/h1,4,7,10-12H,2-3,5-6,8-9H2,(H2,16,21);2-5,7-8H,6H2,1H3,(H,13,15);8,12H,4-7H2,1-3H3;8H,1-7H2;1-2H3. The lowest BCUT2D eigenvalue weighted by molar-refractivity contribution is -0.132. The molecule has 0 spiro atoms. The number of rotatable bonds is 9. The summed E-state index contributed by atoms with van der Waals surface area (Å²) in [7, 11) is 0. The highest BCUT2D eigenvalue weighted by atomic mass is 32.1. The quantitative estimate of drug-likeness (QED) is 0.208. The number of anilines is 1. The third-order valence-electron chi connectivity index (χ3n) is 12.0. The van der Waals surface area contributed by atoms with E-state index in [1.54, 1.807) is 27.3 Å². The zero-order valence-corrected chi connectivity index (χ0v) is 39.3. The number of hydrogen-bond donors (Lipinski definition) is 3. The molecule has 0 saturated carbocycles. The van der Waals surface area contributed by atoms with E-state index >= 15 is 0 Å². The van der Waals surface area contributed by atoms with Gasteiger partial charge in [-0.3, -0.25) is 29.0 Å². The fourth-order valence-electron chi connectivity index (χ4n) is 8.51. The first-order valence-corrected chi connectivity index (χ1v) is 23.7. The first-order chi connectivity index (χ1) is 30.3. The van der Waals surface area contributed by atoms with Gasteiger partial charge in [-0.25, -0.2) is 4.98 Å². The van der Waals surface area contributed by atoms with Gasteiger partial charge in [0, 0.05) is 107 Å². The molecule has 2 atom stereocenters. The number of carbonyl (C=O) groups excluding carboxylic acids is 5. The van der Waals surface area contributed by atoms with Crippen LogP contribution < -0.4 is 16.0 Å². The van der Waals surface area contributed by atoms with Crippen LogP contribution in [-0.2, 0) is 30.5 Å². The summed E-state index contributed by atoms with van der Waals surface area (Å²) in [6.45, 7) is 18.2. The van der Waals surface area contributed by atoms with Crippen molar-refractivity contribution in [1.82, 2.24) is 30.0 Å². The smallest absolute Gasteiger partial charge is 0.223 e. The molecule has 5 amide bonds. The molecule has 5 aliphatic heterocycles. The second kappa shape index (κ2) is 25.4. The van der Waals surface area contributed by atoms with Gasteiger partial charge in [-0.05, 0) is 74.5 Å². The molecule has 3 aromatic rings. The lowest BCUT2D eigenvalue weighted by atomic mass is 9.90. The monoisotopic (exact) mass is 889 g/mol. The van der Waals surface area contributed by atoms with Gasteiger partial charge in [0.15, 0.2) is 0 Å². The molecule has 0 aliphatic carbocycles. The molecule has 5 fully saturated rings. The van der Waals surface area contributed by atoms with Crippen LogP contribution in [0, 0.1) is 18.3 Å². The highest BCUT2D eigenvalue weighted by Crippen LogP contribution is 2.35. The van der Waals surface area contributed by atoms with Gasteiger partial charge in [0.2, 0.25) is 30.5 Å². The van der Waals surface area contributed by atoms with Crippen LogP contribution in [-0.4, -0.2) is 118 Å². The van der Waals surface area contributed by atoms with Gasteiger partial charge < -0.3 is 35.8 Å². The zero-order chi connectivity index (χ0) is 45.9. The first-order valence-electron chi connectivity index (χ1n) is 22.9. The fourth-order valence-corrected chi connectivity index (χ4v) is 9.32. The minimum atomic E-state index is -0.302. The molecule has 1 aromatic carbocycles. The Morgan fingerprint density at radius 3 is 2.22 bits per heavy atom. The van der Waals surface area contributed by atoms with Crippen molar-refractivity contribution in [3.8, 4) is 10.4 Å². The van der Waals surface area contributed by atoms with Crippen LogP contribution in [0.5, 0.6) is 0 Å². The van der Waals surface area contributed by atoms with E-state index in [0.29, 0.717) is 43.8 Å². The number of benzene rings is 1. The van der Waals surface area contributed by atoms with E-state index in [-0.39, 0.29) is 29.3 Å². The third-order valence-corrected chi connectivity index (χ3v) is 13.0. The van der Waals surface area contributed by atoms with Crippen LogP contribution in [0.3, 0.4) is 0 Å². The summed E-state index contributed by atoms with van der Waals surface area (Å²) in [6, 6.07) is 10.8. The van der Waals surface area contributed by atoms with Crippen molar-refractivity contribution in [3.05, 3.63) is 65.1 Å². The highest BCUT2D eigenvalue weighted by molar-refractivity contribution is 7.13. The highest BCUT2D eigenvalue weighted by Gasteiger charge is 2.32. The molecule has 0 radical (unpaired) electrons. The van der Waals surface area contributed by atoms with Crippen molar-refractivity contribution in [2.24, 2.45) is 17.1 Å². The average molecular weight is 889 g/mol. The average Bonchev–Trinajstić information content (AvgIpc) is 4.02. The van der Waals surface area contributed by atoms with Crippen LogP contribution in [0.2, 0.25) is 0 Å². The lowest BCUT2D eigenvalue weighted by Gasteiger charge is -2.40. The van der Waals surface area contributed by atoms with E-state index in [1.807, 2.05) is 50.7 Å². The Hall–Kier alpha value is -4.89. The maximum Gasteiger partial charge on any atom is 0.223 e. The molecule has 7 heterocycles. The molecule has 8 rings (SSSR count). The van der Waals surface area contributed by atoms with Crippen molar-refractivity contribution in [2.45, 2.75) is 130 Å². The Kier molecular flexibility index (Phi) is 20.5. The number of aliphatic hydroxyl groups is 1. The number of piperidine rings is 1. The summed E-state index contributed by atoms with van der Waals surface area (Å²) in [5.41, 5.74) is 13.0. The van der Waals surface area contributed by atoms with E-state index < -0.39 is 0 Å². The maximum absolute atomic E-state index is 11.6. The summed E-state index contributed by atoms with van der Waals surface area (Å²) in [5.74, 6) is 0.757. The second-order valence-electron chi connectivity index (χ2n) is 18.0. The predicted octanol–water partition coefficient (Wildman–Crippen LogP) is 6.30. The number of carbonyl (C=O) groups is 5. The number of aliphatic hydroxyl groups excluding tert-OH is 1. The van der Waals surface area contributed by atoms with Gasteiger partial charge in [0.1, 0.15) is 0 Å². The molecule has 2 aromatic heterocycles. The van der Waals surface area contributed by atoms with Gasteiger partial charge in [0.25, 0.3) is 0 Å². The molecular weight excluding hydrogens is 817 g/mol. The number of β-amino-alcohol motifs (C(OH)–C–C–N with tert-alkyl or cyclic N) is 1. The molecule has 14 nitrogen and oxygen atoms in total. The van der Waals surface area contributed by atoms with Gasteiger partial charge in [-0.2, -0.15) is 0 Å². The fraction of sp³-hybridized carbons (Fsp3) is 0.604. The Labute approximate surface area is 379 Å². The Morgan fingerprint density at radius 2 is 1.63 bits per heavy atom. The van der Waals surface area contributed by atoms with Crippen molar-refractivity contribution < 1.29 is 29.1 Å². The Balaban J connectivity index is 0.000000187. The molecule has 15 heteroatoms. The molecule has 5 saturated heterocycles. The van der Waals surface area contributed by atoms with Crippen molar-refractivity contribution in [3.63, 3.8) is 0 Å². The van der Waals surface area contributed by atoms with Crippen molar-refractivity contribution >= 4 is 47.6 Å². The van der Waals surface area contributed by atoms with Crippen LogP contribution in [0.4, 0.5) is 5.69 Å². The van der Waals surface area contributed by atoms with Crippen LogP contribution in [0.25, 0.3) is 10.4 Å². The van der Waals surface area contributed by atoms with E-state index in [0.717, 1.165) is 89.0 Å². The number of primary amides is 1. The van der Waals surface area contributed by atoms with E-state index in [4.69, 9.17) is 5.73 Å². The molecular formula is C48H72N8O6S. The number of aryl methyl sites for hydroxylation is 1. The minimum Gasteiger partial charge on any atom is -0.391 e. The number of pyridine rings is 1. The third kappa shape index (κ3) is 15.7. The van der Waals surface area contributed by atoms with E-state index in [1.165, 1.54) is 47.4 Å². The number of likely N-dealkylation sites (tertiary alicyclic amines) is 2. The SMILES string of the molecule is CC.CC(C)(C)CC(=O)N1CCC(O)C1.Cc1ncsc1-c1ccc(CNC=O)cc1.NC(=O)C1CCN(c2ccncc2C2CN(C=O)C2)CC1.O=C1CCCCC2CCCN12. The van der Waals surface area contributed by atoms with Gasteiger partial charge >= 0.3 is 0 Å². The normalized spacial score (nSPS) is 19.8. The van der Waals surface area contributed by atoms with Crippen LogP contribution in [0.1, 0.15) is 122 Å². The molecule has 2 unspecified atom stereocenters. The van der Waals surface area contributed by atoms with E-state index in [9.17, 15) is 29.1 Å². The molecule has 0 bridgehead atoms. The number of fused-ring (bicyclic) bond motifs is 1. The van der Waals surface area contributed by atoms with Crippen molar-refractivity contribution in [1.29, 1.82) is 0 Å². The summed E-state index contributed by atoms with van der Waals surface area (Å²) in [4.78, 5) is 72.8. The number of nitrogens with two attached hydrogens (primary N) is 1. The molecule has 5 aliphatic rings. The van der Waals surface area contributed by atoms with Crippen LogP contribution in [0.15, 0.2) is 48.2 Å². The van der Waals surface area contributed by atoms with Crippen LogP contribution >= 0.6 is 11.3 Å². The first kappa shape index (κ1) is 50.8. The molecule has 4 N–H and O–H groups in total. The Morgan fingerprint density at radius 1 is 0.937 bits per heavy atom. The number of aromatic nitrogens is 2. The predicted molar refractivity (Wildman–Crippen MR) is 250 cm³/mol. The Bertz CT molecular complexity index is 1890. The largest absolute Gasteiger partial charge is 0.391 e. The summed E-state index contributed by atoms with van der Waals surface area (Å²) >= 11 is 1.64. The summed E-state index contributed by atoms with van der Waals surface area (Å²) < 4.78 is 0. The number of nitrogens with one attached hydrogen (secondary N) is 1. The zero-order valence-electron chi connectivity index (χ0n) is 38.5. The lowest BCUT2D eigenvalue weighted by Crippen LogP contribution is -2.45. The maximum atomic E-state index is 11.6. The summed E-state index contributed by atoms with van der Waals surface area (Å²) in [5, 5.41) is 11.9. The van der Waals surface area contributed by atoms with Gasteiger partial charge in [0.05, 0.1) is 22.2 Å². The molecule has 346 valence electrons. The second-order valence-corrected chi connectivity index (χ2v) is 18.8. The number of nitrogens with zero attached hydrogens (tertiary/aromatic N) is 6. The molecule has 63 heavy (non-hydrogen) atoms. The minimum absolute atomic E-state index is 0.000736. The van der Waals surface area contributed by atoms with Crippen molar-refractivity contribution in [2.75, 3.05) is 50.7 Å². The van der Waals surface area contributed by atoms with E-state index in [2.05, 4.69) is 58.0 Å².